The van der Waals surface area contributed by atoms with Gasteiger partial charge in [-0.25, -0.2) is 18.4 Å². The predicted molar refractivity (Wildman–Crippen MR) is 104 cm³/mol. The summed E-state index contributed by atoms with van der Waals surface area (Å²) in [7, 11) is -3.57. The van der Waals surface area contributed by atoms with E-state index in [-0.39, 0.29) is 22.9 Å². The maximum absolute atomic E-state index is 13.2. The number of amides is 1. The van der Waals surface area contributed by atoms with Crippen LogP contribution in [0.1, 0.15) is 40.5 Å². The molecule has 2 fully saturated rings. The zero-order valence-corrected chi connectivity index (χ0v) is 16.7. The molecule has 0 N–H and O–H groups in total. The lowest BCUT2D eigenvalue weighted by molar-refractivity contribution is 0.0643. The number of carbonyl (C=O) groups excluding carboxylic acids is 1. The van der Waals surface area contributed by atoms with Crippen LogP contribution in [0.2, 0.25) is 0 Å². The first kappa shape index (κ1) is 18.7. The first-order chi connectivity index (χ1) is 14.1. The number of aromatic nitrogens is 2. The van der Waals surface area contributed by atoms with Gasteiger partial charge in [0.2, 0.25) is 10.0 Å². The van der Waals surface area contributed by atoms with Crippen molar-refractivity contribution in [1.82, 2.24) is 19.2 Å². The van der Waals surface area contributed by atoms with Gasteiger partial charge in [0.15, 0.2) is 0 Å². The molecule has 5 rings (SSSR count). The molecule has 2 aromatic rings. The molecule has 0 aliphatic carbocycles. The normalized spacial score (nSPS) is 24.3. The van der Waals surface area contributed by atoms with Crippen LogP contribution >= 0.6 is 0 Å². The Bertz CT molecular complexity index is 1030. The highest BCUT2D eigenvalue weighted by Crippen LogP contribution is 2.43. The third-order valence-corrected chi connectivity index (χ3v) is 7.97. The van der Waals surface area contributed by atoms with Gasteiger partial charge in [-0.3, -0.25) is 4.79 Å². The third-order valence-electron chi connectivity index (χ3n) is 6.06. The van der Waals surface area contributed by atoms with E-state index in [9.17, 15) is 13.2 Å². The number of rotatable bonds is 3. The van der Waals surface area contributed by atoms with Crippen molar-refractivity contribution in [2.24, 2.45) is 0 Å². The Hall–Kier alpha value is -2.36. The van der Waals surface area contributed by atoms with Crippen molar-refractivity contribution >= 4 is 15.9 Å². The number of fused-ring (bicyclic) bond motifs is 4. The van der Waals surface area contributed by atoms with E-state index < -0.39 is 10.0 Å². The summed E-state index contributed by atoms with van der Waals surface area (Å²) in [5, 5.41) is 0. The van der Waals surface area contributed by atoms with Crippen molar-refractivity contribution < 1.29 is 17.9 Å². The van der Waals surface area contributed by atoms with Crippen LogP contribution in [0.25, 0.3) is 0 Å². The van der Waals surface area contributed by atoms with E-state index >= 15 is 0 Å². The SMILES string of the molecule is O=C(c1ccc(S(=O)(=O)N2CCOCC2)cc1)N1C2CCC1c1cncnc1C2. The Labute approximate surface area is 169 Å². The predicted octanol–water partition coefficient (Wildman–Crippen LogP) is 1.40. The summed E-state index contributed by atoms with van der Waals surface area (Å²) in [6.07, 6.45) is 5.95. The Kier molecular flexibility index (Phi) is 4.60. The molecule has 2 unspecified atom stereocenters. The fourth-order valence-corrected chi connectivity index (χ4v) is 6.00. The molecule has 1 aromatic heterocycles. The smallest absolute Gasteiger partial charge is 0.254 e. The zero-order chi connectivity index (χ0) is 20.0. The highest BCUT2D eigenvalue weighted by Gasteiger charge is 2.43. The molecule has 3 aliphatic heterocycles. The van der Waals surface area contributed by atoms with Crippen LogP contribution in [0.15, 0.2) is 41.7 Å². The minimum Gasteiger partial charge on any atom is -0.379 e. The quantitative estimate of drug-likeness (QED) is 0.754. The topological polar surface area (TPSA) is 92.7 Å². The molecule has 3 aliphatic rings. The molecule has 29 heavy (non-hydrogen) atoms. The molecule has 152 valence electrons. The largest absolute Gasteiger partial charge is 0.379 e. The van der Waals surface area contributed by atoms with E-state index in [0.29, 0.717) is 31.9 Å². The molecule has 2 bridgehead atoms. The molecule has 2 saturated heterocycles. The average molecular weight is 414 g/mol. The molecule has 9 heteroatoms. The fraction of sp³-hybridized carbons (Fsp3) is 0.450. The monoisotopic (exact) mass is 414 g/mol. The van der Waals surface area contributed by atoms with Crippen molar-refractivity contribution in [1.29, 1.82) is 0 Å². The van der Waals surface area contributed by atoms with Crippen LogP contribution in [-0.2, 0) is 21.2 Å². The standard InChI is InChI=1S/C20H22N4O4S/c25-20(24-15-3-6-19(24)17-12-21-13-22-18(17)11-15)14-1-4-16(5-2-14)29(26,27)23-7-9-28-10-8-23/h1-2,4-5,12-13,15,19H,3,6-11H2. The average Bonchev–Trinajstić information content (AvgIpc) is 3.08. The highest BCUT2D eigenvalue weighted by molar-refractivity contribution is 7.89. The maximum Gasteiger partial charge on any atom is 0.254 e. The number of morpholine rings is 1. The van der Waals surface area contributed by atoms with Gasteiger partial charge < -0.3 is 9.64 Å². The van der Waals surface area contributed by atoms with E-state index in [1.165, 1.54) is 16.4 Å². The molecule has 4 heterocycles. The van der Waals surface area contributed by atoms with Gasteiger partial charge in [-0.15, -0.1) is 0 Å². The zero-order valence-electron chi connectivity index (χ0n) is 15.9. The van der Waals surface area contributed by atoms with Gasteiger partial charge in [-0.2, -0.15) is 4.31 Å². The van der Waals surface area contributed by atoms with Crippen molar-refractivity contribution in [3.05, 3.63) is 53.6 Å². The second-order valence-electron chi connectivity index (χ2n) is 7.63. The molecule has 8 nitrogen and oxygen atoms in total. The summed E-state index contributed by atoms with van der Waals surface area (Å²) < 4.78 is 32.2. The number of sulfonamides is 1. The van der Waals surface area contributed by atoms with Crippen LogP contribution in [-0.4, -0.2) is 65.8 Å². The van der Waals surface area contributed by atoms with Crippen molar-refractivity contribution in [3.8, 4) is 0 Å². The first-order valence-corrected chi connectivity index (χ1v) is 11.3. The minimum atomic E-state index is -3.57. The van der Waals surface area contributed by atoms with Gasteiger partial charge in [0, 0.05) is 42.9 Å². The van der Waals surface area contributed by atoms with Gasteiger partial charge >= 0.3 is 0 Å². The number of hydrogen-bond acceptors (Lipinski definition) is 6. The number of ether oxygens (including phenoxy) is 1. The van der Waals surface area contributed by atoms with E-state index in [1.807, 2.05) is 11.1 Å². The van der Waals surface area contributed by atoms with Crippen LogP contribution in [0.3, 0.4) is 0 Å². The Morgan fingerprint density at radius 2 is 1.86 bits per heavy atom. The van der Waals surface area contributed by atoms with E-state index in [0.717, 1.165) is 30.5 Å². The van der Waals surface area contributed by atoms with E-state index in [1.54, 1.807) is 18.5 Å². The second-order valence-corrected chi connectivity index (χ2v) is 9.57. The van der Waals surface area contributed by atoms with Gasteiger partial charge in [-0.1, -0.05) is 0 Å². The number of carbonyl (C=O) groups is 1. The van der Waals surface area contributed by atoms with E-state index in [2.05, 4.69) is 9.97 Å². The Morgan fingerprint density at radius 3 is 2.62 bits per heavy atom. The van der Waals surface area contributed by atoms with Crippen LogP contribution in [0.4, 0.5) is 0 Å². The van der Waals surface area contributed by atoms with Crippen molar-refractivity contribution in [3.63, 3.8) is 0 Å². The first-order valence-electron chi connectivity index (χ1n) is 9.85. The lowest BCUT2D eigenvalue weighted by atomic mass is 9.98. The van der Waals surface area contributed by atoms with Gasteiger partial charge in [0.1, 0.15) is 6.33 Å². The summed E-state index contributed by atoms with van der Waals surface area (Å²) in [6, 6.07) is 6.42. The number of hydrogen-bond donors (Lipinski definition) is 0. The van der Waals surface area contributed by atoms with Gasteiger partial charge in [0.05, 0.1) is 29.8 Å². The molecule has 2 atom stereocenters. The molecular weight excluding hydrogens is 392 g/mol. The molecule has 0 radical (unpaired) electrons. The summed E-state index contributed by atoms with van der Waals surface area (Å²) in [5.74, 6) is -0.0673. The maximum atomic E-state index is 13.2. The van der Waals surface area contributed by atoms with E-state index in [4.69, 9.17) is 4.74 Å². The summed E-state index contributed by atoms with van der Waals surface area (Å²) in [4.78, 5) is 23.9. The third kappa shape index (κ3) is 3.13. The Balaban J connectivity index is 1.39. The lowest BCUT2D eigenvalue weighted by Crippen LogP contribution is -2.42. The number of nitrogens with zero attached hydrogens (tertiary/aromatic N) is 4. The lowest BCUT2D eigenvalue weighted by Gasteiger charge is -2.35. The molecule has 0 saturated carbocycles. The van der Waals surface area contributed by atoms with Crippen molar-refractivity contribution in [2.75, 3.05) is 26.3 Å². The summed E-state index contributed by atoms with van der Waals surface area (Å²) in [5.41, 5.74) is 2.56. The summed E-state index contributed by atoms with van der Waals surface area (Å²) in [6.45, 7) is 1.50. The molecule has 1 amide bonds. The molecular formula is C20H22N4O4S. The van der Waals surface area contributed by atoms with Crippen LogP contribution < -0.4 is 0 Å². The summed E-state index contributed by atoms with van der Waals surface area (Å²) >= 11 is 0. The minimum absolute atomic E-state index is 0.00536. The highest BCUT2D eigenvalue weighted by atomic mass is 32.2. The Morgan fingerprint density at radius 1 is 1.10 bits per heavy atom. The van der Waals surface area contributed by atoms with Crippen LogP contribution in [0, 0.1) is 0 Å². The number of benzene rings is 1. The molecule has 0 spiro atoms. The van der Waals surface area contributed by atoms with Crippen molar-refractivity contribution in [2.45, 2.75) is 36.2 Å². The van der Waals surface area contributed by atoms with Gasteiger partial charge in [0.25, 0.3) is 5.91 Å². The van der Waals surface area contributed by atoms with Crippen LogP contribution in [0.5, 0.6) is 0 Å². The fourth-order valence-electron chi connectivity index (χ4n) is 4.59. The second kappa shape index (κ2) is 7.16. The molecule has 1 aromatic carbocycles. The van der Waals surface area contributed by atoms with Gasteiger partial charge in [-0.05, 0) is 37.1 Å².